The van der Waals surface area contributed by atoms with Crippen LogP contribution in [0.1, 0.15) is 18.4 Å². The van der Waals surface area contributed by atoms with Gasteiger partial charge in [0.05, 0.1) is 6.61 Å². The van der Waals surface area contributed by atoms with Crippen LogP contribution in [0.15, 0.2) is 12.6 Å². The van der Waals surface area contributed by atoms with Gasteiger partial charge in [-0.25, -0.2) is 9.97 Å². The second-order valence-corrected chi connectivity index (χ2v) is 2.87. The average molecular weight is 199 g/mol. The van der Waals surface area contributed by atoms with Gasteiger partial charge in [-0.2, -0.15) is 0 Å². The van der Waals surface area contributed by atoms with Crippen LogP contribution < -0.4 is 0 Å². The minimum absolute atomic E-state index is 0.406. The molecule has 0 fully saturated rings. The molecule has 0 amide bonds. The molecule has 0 aliphatic heterocycles. The highest BCUT2D eigenvalue weighted by Gasteiger charge is 2.03. The van der Waals surface area contributed by atoms with Crippen LogP contribution in [-0.2, 0) is 4.74 Å². The van der Waals surface area contributed by atoms with Gasteiger partial charge in [0.1, 0.15) is 22.4 Å². The van der Waals surface area contributed by atoms with Crippen molar-refractivity contribution in [2.24, 2.45) is 0 Å². The SMILES string of the molecule is C=C(OCC)c1cc(Cl)nc(C)n1. The third kappa shape index (κ3) is 2.70. The van der Waals surface area contributed by atoms with E-state index in [9.17, 15) is 0 Å². The van der Waals surface area contributed by atoms with E-state index in [0.717, 1.165) is 0 Å². The fraction of sp³-hybridized carbons (Fsp3) is 0.333. The molecule has 0 bridgehead atoms. The van der Waals surface area contributed by atoms with E-state index in [4.69, 9.17) is 16.3 Å². The topological polar surface area (TPSA) is 35.0 Å². The second-order valence-electron chi connectivity index (χ2n) is 2.48. The fourth-order valence-electron chi connectivity index (χ4n) is 0.922. The van der Waals surface area contributed by atoms with E-state index in [1.165, 1.54) is 0 Å². The molecule has 70 valence electrons. The summed E-state index contributed by atoms with van der Waals surface area (Å²) in [7, 11) is 0. The molecule has 0 atom stereocenters. The number of hydrogen-bond donors (Lipinski definition) is 0. The van der Waals surface area contributed by atoms with E-state index in [1.54, 1.807) is 13.0 Å². The quantitative estimate of drug-likeness (QED) is 0.553. The Labute approximate surface area is 82.4 Å². The van der Waals surface area contributed by atoms with Crippen molar-refractivity contribution in [2.75, 3.05) is 6.61 Å². The molecule has 0 saturated heterocycles. The van der Waals surface area contributed by atoms with Gasteiger partial charge >= 0.3 is 0 Å². The first-order valence-corrected chi connectivity index (χ1v) is 4.34. The number of ether oxygens (including phenoxy) is 1. The number of rotatable bonds is 3. The van der Waals surface area contributed by atoms with Crippen molar-refractivity contribution >= 4 is 17.4 Å². The maximum absolute atomic E-state index is 5.75. The van der Waals surface area contributed by atoms with E-state index >= 15 is 0 Å². The number of hydrogen-bond acceptors (Lipinski definition) is 3. The van der Waals surface area contributed by atoms with Crippen LogP contribution in [0.25, 0.3) is 5.76 Å². The van der Waals surface area contributed by atoms with Crippen LogP contribution in [0.3, 0.4) is 0 Å². The molecule has 0 aliphatic rings. The highest BCUT2D eigenvalue weighted by atomic mass is 35.5. The molecule has 1 rings (SSSR count). The first-order valence-electron chi connectivity index (χ1n) is 3.96. The first-order chi connectivity index (χ1) is 6.13. The average Bonchev–Trinajstić information content (AvgIpc) is 2.03. The summed E-state index contributed by atoms with van der Waals surface area (Å²) in [6.07, 6.45) is 0. The van der Waals surface area contributed by atoms with E-state index in [-0.39, 0.29) is 0 Å². The lowest BCUT2D eigenvalue weighted by Crippen LogP contribution is -1.97. The minimum atomic E-state index is 0.406. The first kappa shape index (κ1) is 9.99. The predicted octanol–water partition coefficient (Wildman–Crippen LogP) is 2.45. The lowest BCUT2D eigenvalue weighted by Gasteiger charge is -2.06. The van der Waals surface area contributed by atoms with E-state index < -0.39 is 0 Å². The molecule has 0 aliphatic carbocycles. The molecule has 4 heteroatoms. The third-order valence-corrected chi connectivity index (χ3v) is 1.60. The molecule has 3 nitrogen and oxygen atoms in total. The second kappa shape index (κ2) is 4.23. The smallest absolute Gasteiger partial charge is 0.137 e. The Hall–Kier alpha value is -1.09. The highest BCUT2D eigenvalue weighted by Crippen LogP contribution is 2.14. The molecule has 1 heterocycles. The molecule has 1 aromatic rings. The molecular formula is C9H11ClN2O. The molecule has 0 spiro atoms. The van der Waals surface area contributed by atoms with Crippen LogP contribution in [0, 0.1) is 6.92 Å². The number of halogens is 1. The zero-order chi connectivity index (χ0) is 9.84. The molecule has 0 aromatic carbocycles. The van der Waals surface area contributed by atoms with Crippen molar-refractivity contribution in [3.05, 3.63) is 29.3 Å². The minimum Gasteiger partial charge on any atom is -0.492 e. The van der Waals surface area contributed by atoms with Crippen LogP contribution in [0.2, 0.25) is 5.15 Å². The van der Waals surface area contributed by atoms with Crippen molar-refractivity contribution in [3.8, 4) is 0 Å². The lowest BCUT2D eigenvalue weighted by molar-refractivity contribution is 0.297. The summed E-state index contributed by atoms with van der Waals surface area (Å²) in [6, 6.07) is 1.63. The van der Waals surface area contributed by atoms with Crippen molar-refractivity contribution in [1.82, 2.24) is 9.97 Å². The van der Waals surface area contributed by atoms with E-state index in [1.807, 2.05) is 6.92 Å². The van der Waals surface area contributed by atoms with Gasteiger partial charge < -0.3 is 4.74 Å². The zero-order valence-electron chi connectivity index (χ0n) is 7.67. The third-order valence-electron chi connectivity index (χ3n) is 1.41. The Balaban J connectivity index is 2.94. The Morgan fingerprint density at radius 1 is 1.62 bits per heavy atom. The Morgan fingerprint density at radius 3 is 2.85 bits per heavy atom. The molecule has 0 saturated carbocycles. The fourth-order valence-corrected chi connectivity index (χ4v) is 1.15. The summed E-state index contributed by atoms with van der Waals surface area (Å²) in [5, 5.41) is 0.406. The number of nitrogens with zero attached hydrogens (tertiary/aromatic N) is 2. The maximum Gasteiger partial charge on any atom is 0.137 e. The molecule has 0 N–H and O–H groups in total. The van der Waals surface area contributed by atoms with Crippen molar-refractivity contribution in [3.63, 3.8) is 0 Å². The summed E-state index contributed by atoms with van der Waals surface area (Å²) in [6.45, 7) is 7.96. The van der Waals surface area contributed by atoms with Crippen LogP contribution in [0.4, 0.5) is 0 Å². The largest absolute Gasteiger partial charge is 0.492 e. The van der Waals surface area contributed by atoms with Crippen LogP contribution in [-0.4, -0.2) is 16.6 Å². The van der Waals surface area contributed by atoms with E-state index in [0.29, 0.717) is 29.0 Å². The van der Waals surface area contributed by atoms with Gasteiger partial charge in [-0.15, -0.1) is 0 Å². The summed E-state index contributed by atoms with van der Waals surface area (Å²) in [5.41, 5.74) is 0.638. The van der Waals surface area contributed by atoms with Gasteiger partial charge in [-0.3, -0.25) is 0 Å². The summed E-state index contributed by atoms with van der Waals surface area (Å²) in [4.78, 5) is 8.07. The van der Waals surface area contributed by atoms with Gasteiger partial charge in [0.25, 0.3) is 0 Å². The molecule has 0 radical (unpaired) electrons. The molecule has 1 aromatic heterocycles. The van der Waals surface area contributed by atoms with Crippen molar-refractivity contribution < 1.29 is 4.74 Å². The van der Waals surface area contributed by atoms with Gasteiger partial charge in [0, 0.05) is 6.07 Å². The monoisotopic (exact) mass is 198 g/mol. The van der Waals surface area contributed by atoms with Crippen molar-refractivity contribution in [2.45, 2.75) is 13.8 Å². The molecular weight excluding hydrogens is 188 g/mol. The Bertz CT molecular complexity index is 305. The molecule has 0 unspecified atom stereocenters. The summed E-state index contributed by atoms with van der Waals surface area (Å²) >= 11 is 5.75. The van der Waals surface area contributed by atoms with Gasteiger partial charge in [0.15, 0.2) is 0 Å². The zero-order valence-corrected chi connectivity index (χ0v) is 8.43. The Kier molecular flexibility index (Phi) is 3.25. The molecule has 13 heavy (non-hydrogen) atoms. The lowest BCUT2D eigenvalue weighted by atomic mass is 10.3. The summed E-state index contributed by atoms with van der Waals surface area (Å²) < 4.78 is 5.19. The summed E-state index contributed by atoms with van der Waals surface area (Å²) in [5.74, 6) is 1.14. The maximum atomic E-state index is 5.75. The van der Waals surface area contributed by atoms with Crippen LogP contribution >= 0.6 is 11.6 Å². The van der Waals surface area contributed by atoms with Gasteiger partial charge in [-0.05, 0) is 13.8 Å². The van der Waals surface area contributed by atoms with E-state index in [2.05, 4.69) is 16.5 Å². The standard InChI is InChI=1S/C9H11ClN2O/c1-4-13-6(2)8-5-9(10)12-7(3)11-8/h5H,2,4H2,1,3H3. The van der Waals surface area contributed by atoms with Crippen LogP contribution in [0.5, 0.6) is 0 Å². The normalized spacial score (nSPS) is 9.77. The highest BCUT2D eigenvalue weighted by molar-refractivity contribution is 6.29. The predicted molar refractivity (Wildman–Crippen MR) is 52.4 cm³/mol. The number of aromatic nitrogens is 2. The van der Waals surface area contributed by atoms with Gasteiger partial charge in [0.2, 0.25) is 0 Å². The van der Waals surface area contributed by atoms with Crippen molar-refractivity contribution in [1.29, 1.82) is 0 Å². The Morgan fingerprint density at radius 2 is 2.31 bits per heavy atom. The van der Waals surface area contributed by atoms with Gasteiger partial charge in [-0.1, -0.05) is 18.2 Å². The number of aryl methyl sites for hydroxylation is 1.